The van der Waals surface area contributed by atoms with E-state index in [0.29, 0.717) is 13.2 Å². The molecule has 80 valence electrons. The lowest BCUT2D eigenvalue weighted by molar-refractivity contribution is -0.193. The summed E-state index contributed by atoms with van der Waals surface area (Å²) in [5.74, 6) is -0.511. The Labute approximate surface area is 82.3 Å². The number of esters is 1. The highest BCUT2D eigenvalue weighted by atomic mass is 16.7. The second-order valence-electron chi connectivity index (χ2n) is 3.28. The molecule has 1 aliphatic rings. The summed E-state index contributed by atoms with van der Waals surface area (Å²) in [7, 11) is 0. The Hall–Kier alpha value is -0.910. The normalized spacial score (nSPS) is 20.1. The average Bonchev–Trinajstić information content (AvgIpc) is 2.27. The van der Waals surface area contributed by atoms with E-state index in [0.717, 1.165) is 6.08 Å². The summed E-state index contributed by atoms with van der Waals surface area (Å²) in [5.41, 5.74) is -0.628. The summed E-state index contributed by atoms with van der Waals surface area (Å²) in [6.07, 6.45) is 1.08. The molecule has 1 rings (SSSR count). The molecule has 0 unspecified atom stereocenters. The van der Waals surface area contributed by atoms with Crippen molar-refractivity contribution in [2.24, 2.45) is 5.41 Å². The first kappa shape index (κ1) is 11.2. The lowest BCUT2D eigenvalue weighted by Gasteiger charge is -2.33. The molecule has 0 bridgehead atoms. The quantitative estimate of drug-likeness (QED) is 0.501. The van der Waals surface area contributed by atoms with Gasteiger partial charge in [-0.05, 0) is 0 Å². The summed E-state index contributed by atoms with van der Waals surface area (Å²) in [6, 6.07) is 0. The molecular formula is C9H14O5. The molecule has 1 saturated heterocycles. The first-order chi connectivity index (χ1) is 6.72. The highest BCUT2D eigenvalue weighted by Crippen LogP contribution is 2.21. The minimum absolute atomic E-state index is 0.0777. The van der Waals surface area contributed by atoms with Crippen LogP contribution < -0.4 is 0 Å². The third kappa shape index (κ3) is 2.80. The zero-order valence-corrected chi connectivity index (χ0v) is 7.90. The Balaban J connectivity index is 2.43. The third-order valence-corrected chi connectivity index (χ3v) is 2.01. The summed E-state index contributed by atoms with van der Waals surface area (Å²) < 4.78 is 14.9. The average molecular weight is 202 g/mol. The largest absolute Gasteiger partial charge is 0.462 e. The van der Waals surface area contributed by atoms with E-state index in [-0.39, 0.29) is 20.0 Å². The molecule has 1 N–H and O–H groups in total. The fourth-order valence-corrected chi connectivity index (χ4v) is 1.12. The van der Waals surface area contributed by atoms with Crippen LogP contribution in [0.3, 0.4) is 0 Å². The number of hydrogen-bond acceptors (Lipinski definition) is 5. The molecule has 0 saturated carbocycles. The van der Waals surface area contributed by atoms with Crippen LogP contribution in [0.4, 0.5) is 0 Å². The maximum atomic E-state index is 10.8. The lowest BCUT2D eigenvalue weighted by Crippen LogP contribution is -2.44. The summed E-state index contributed by atoms with van der Waals surface area (Å²) in [5, 5.41) is 9.15. The van der Waals surface area contributed by atoms with Crippen molar-refractivity contribution >= 4 is 5.97 Å². The minimum Gasteiger partial charge on any atom is -0.462 e. The molecule has 5 heteroatoms. The minimum atomic E-state index is -0.628. The van der Waals surface area contributed by atoms with Gasteiger partial charge in [0.05, 0.1) is 25.2 Å². The van der Waals surface area contributed by atoms with Crippen LogP contribution in [-0.4, -0.2) is 44.3 Å². The highest BCUT2D eigenvalue weighted by Gasteiger charge is 2.34. The Bertz CT molecular complexity index is 207. The molecule has 0 aliphatic carbocycles. The summed E-state index contributed by atoms with van der Waals surface area (Å²) >= 11 is 0. The van der Waals surface area contributed by atoms with E-state index in [1.54, 1.807) is 0 Å². The molecule has 1 heterocycles. The van der Waals surface area contributed by atoms with Gasteiger partial charge in [-0.1, -0.05) is 6.58 Å². The molecule has 14 heavy (non-hydrogen) atoms. The van der Waals surface area contributed by atoms with Gasteiger partial charge < -0.3 is 19.3 Å². The zero-order chi connectivity index (χ0) is 10.4. The SMILES string of the molecule is C=CC(=O)OCC1(CO)COCOC1. The molecule has 5 nitrogen and oxygen atoms in total. The van der Waals surface area contributed by atoms with E-state index in [1.807, 2.05) is 0 Å². The lowest BCUT2D eigenvalue weighted by atomic mass is 9.92. The maximum absolute atomic E-state index is 10.8. The van der Waals surface area contributed by atoms with Crippen molar-refractivity contribution in [3.8, 4) is 0 Å². The van der Waals surface area contributed by atoms with Gasteiger partial charge in [-0.3, -0.25) is 0 Å². The van der Waals surface area contributed by atoms with E-state index >= 15 is 0 Å². The number of aliphatic hydroxyl groups excluding tert-OH is 1. The predicted octanol–water partition coefficient (Wildman–Crippen LogP) is -0.301. The fraction of sp³-hybridized carbons (Fsp3) is 0.667. The molecule has 0 aromatic heterocycles. The van der Waals surface area contributed by atoms with Gasteiger partial charge in [0.15, 0.2) is 0 Å². The maximum Gasteiger partial charge on any atom is 0.330 e. The van der Waals surface area contributed by atoms with E-state index in [1.165, 1.54) is 0 Å². The molecule has 1 aliphatic heterocycles. The molecule has 0 atom stereocenters. The Kier molecular flexibility index (Phi) is 4.06. The van der Waals surface area contributed by atoms with Gasteiger partial charge in [-0.15, -0.1) is 0 Å². The van der Waals surface area contributed by atoms with Crippen LogP contribution in [-0.2, 0) is 19.0 Å². The Morgan fingerprint density at radius 1 is 1.57 bits per heavy atom. The van der Waals surface area contributed by atoms with Crippen LogP contribution in [0.1, 0.15) is 0 Å². The first-order valence-corrected chi connectivity index (χ1v) is 4.28. The second kappa shape index (κ2) is 5.09. The van der Waals surface area contributed by atoms with Crippen molar-refractivity contribution in [1.82, 2.24) is 0 Å². The molecular weight excluding hydrogens is 188 g/mol. The van der Waals surface area contributed by atoms with Gasteiger partial charge in [-0.2, -0.15) is 0 Å². The van der Waals surface area contributed by atoms with Crippen LogP contribution in [0, 0.1) is 5.41 Å². The van der Waals surface area contributed by atoms with Crippen molar-refractivity contribution in [1.29, 1.82) is 0 Å². The molecule has 0 spiro atoms. The van der Waals surface area contributed by atoms with Crippen LogP contribution in [0.2, 0.25) is 0 Å². The van der Waals surface area contributed by atoms with Crippen molar-refractivity contribution < 1.29 is 24.1 Å². The van der Waals surface area contributed by atoms with Crippen molar-refractivity contribution in [2.45, 2.75) is 0 Å². The number of aliphatic hydroxyl groups is 1. The fourth-order valence-electron chi connectivity index (χ4n) is 1.12. The Morgan fingerprint density at radius 3 is 2.71 bits per heavy atom. The van der Waals surface area contributed by atoms with Crippen LogP contribution in [0.15, 0.2) is 12.7 Å². The first-order valence-electron chi connectivity index (χ1n) is 4.28. The standard InChI is InChI=1S/C9H14O5/c1-2-8(11)14-6-9(3-10)4-12-7-13-5-9/h2,10H,1,3-7H2. The van der Waals surface area contributed by atoms with Gasteiger partial charge in [0.1, 0.15) is 13.4 Å². The molecule has 0 radical (unpaired) electrons. The van der Waals surface area contributed by atoms with Gasteiger partial charge >= 0.3 is 5.97 Å². The molecule has 0 aromatic rings. The van der Waals surface area contributed by atoms with E-state index in [9.17, 15) is 4.79 Å². The zero-order valence-electron chi connectivity index (χ0n) is 7.90. The third-order valence-electron chi connectivity index (χ3n) is 2.01. The number of carbonyl (C=O) groups is 1. The second-order valence-corrected chi connectivity index (χ2v) is 3.28. The molecule has 1 fully saturated rings. The molecule has 0 amide bonds. The van der Waals surface area contributed by atoms with Crippen LogP contribution in [0.25, 0.3) is 0 Å². The number of carbonyl (C=O) groups excluding carboxylic acids is 1. The van der Waals surface area contributed by atoms with Crippen molar-refractivity contribution in [3.63, 3.8) is 0 Å². The van der Waals surface area contributed by atoms with Gasteiger partial charge in [0.2, 0.25) is 0 Å². The van der Waals surface area contributed by atoms with Gasteiger partial charge in [0.25, 0.3) is 0 Å². The number of hydrogen-bond donors (Lipinski definition) is 1. The monoisotopic (exact) mass is 202 g/mol. The highest BCUT2D eigenvalue weighted by molar-refractivity contribution is 5.81. The number of ether oxygens (including phenoxy) is 3. The van der Waals surface area contributed by atoms with Crippen LogP contribution in [0.5, 0.6) is 0 Å². The number of rotatable bonds is 4. The van der Waals surface area contributed by atoms with Crippen molar-refractivity contribution in [3.05, 3.63) is 12.7 Å². The van der Waals surface area contributed by atoms with Gasteiger partial charge in [0, 0.05) is 6.08 Å². The van der Waals surface area contributed by atoms with Gasteiger partial charge in [-0.25, -0.2) is 4.79 Å². The van der Waals surface area contributed by atoms with Crippen LogP contribution >= 0.6 is 0 Å². The predicted molar refractivity (Wildman–Crippen MR) is 47.4 cm³/mol. The summed E-state index contributed by atoms with van der Waals surface area (Å²) in [6.45, 7) is 4.08. The van der Waals surface area contributed by atoms with E-state index in [2.05, 4.69) is 6.58 Å². The topological polar surface area (TPSA) is 65.0 Å². The molecule has 0 aromatic carbocycles. The smallest absolute Gasteiger partial charge is 0.330 e. The van der Waals surface area contributed by atoms with E-state index in [4.69, 9.17) is 19.3 Å². The Morgan fingerprint density at radius 2 is 2.21 bits per heavy atom. The van der Waals surface area contributed by atoms with E-state index < -0.39 is 11.4 Å². The van der Waals surface area contributed by atoms with Crippen molar-refractivity contribution in [2.75, 3.05) is 33.2 Å². The summed E-state index contributed by atoms with van der Waals surface area (Å²) in [4.78, 5) is 10.8.